The summed E-state index contributed by atoms with van der Waals surface area (Å²) in [7, 11) is 3.00. The predicted octanol–water partition coefficient (Wildman–Crippen LogP) is 4.76. The first kappa shape index (κ1) is 22.7. The smallest absolute Gasteiger partial charge is 0.337 e. The Morgan fingerprint density at radius 1 is 1.11 bits per heavy atom. The Kier molecular flexibility index (Phi) is 6.01. The fraction of sp³-hybridized carbons (Fsp3) is 0.214. The van der Waals surface area contributed by atoms with Crippen LogP contribution in [0, 0.1) is 6.92 Å². The first-order valence-corrected chi connectivity index (χ1v) is 11.2. The number of methoxy groups -OCH3 is 2. The molecule has 0 bridgehead atoms. The largest absolute Gasteiger partial charge is 0.496 e. The summed E-state index contributed by atoms with van der Waals surface area (Å²) < 4.78 is 22.4. The molecule has 0 atom stereocenters. The molecule has 0 N–H and O–H groups in total. The van der Waals surface area contributed by atoms with Crippen LogP contribution in [-0.2, 0) is 17.8 Å². The summed E-state index contributed by atoms with van der Waals surface area (Å²) in [6, 6.07) is 16.6. The molecule has 0 amide bonds. The van der Waals surface area contributed by atoms with Gasteiger partial charge in [0.25, 0.3) is 0 Å². The van der Waals surface area contributed by atoms with Crippen molar-refractivity contribution in [3.63, 3.8) is 0 Å². The zero-order valence-electron chi connectivity index (χ0n) is 19.8. The number of ketones is 1. The van der Waals surface area contributed by atoms with Crippen molar-refractivity contribution in [1.82, 2.24) is 4.90 Å². The number of hydrogen-bond acceptors (Lipinski definition) is 7. The topological polar surface area (TPSA) is 74.3 Å². The molecule has 178 valence electrons. The number of ether oxygens (including phenoxy) is 4. The van der Waals surface area contributed by atoms with Crippen LogP contribution in [0.2, 0.25) is 0 Å². The van der Waals surface area contributed by atoms with Crippen LogP contribution in [0.25, 0.3) is 6.08 Å². The zero-order chi connectivity index (χ0) is 24.5. The molecule has 7 heteroatoms. The number of aryl methyl sites for hydroxylation is 1. The molecule has 5 rings (SSSR count). The van der Waals surface area contributed by atoms with Gasteiger partial charge < -0.3 is 18.9 Å². The average molecular weight is 472 g/mol. The van der Waals surface area contributed by atoms with Gasteiger partial charge in [-0.25, -0.2) is 4.79 Å². The van der Waals surface area contributed by atoms with Crippen LogP contribution in [0.5, 0.6) is 17.2 Å². The number of carbonyl (C=O) groups is 2. The minimum absolute atomic E-state index is 0.167. The Labute approximate surface area is 203 Å². The van der Waals surface area contributed by atoms with Crippen molar-refractivity contribution in [3.05, 3.63) is 93.7 Å². The number of benzene rings is 3. The maximum absolute atomic E-state index is 13.2. The Morgan fingerprint density at radius 2 is 1.89 bits per heavy atom. The average Bonchev–Trinajstić information content (AvgIpc) is 3.21. The van der Waals surface area contributed by atoms with Gasteiger partial charge in [-0.1, -0.05) is 30.3 Å². The standard InChI is InChI=1S/C28H25NO6/c1-17-12-23-21(15-29(16-34-23)14-20-6-4-5-7-22(20)32-2)27-25(17)26(30)24(35-27)13-18-8-10-19(11-9-18)28(31)33-3/h4-13H,14-16H2,1-3H3/b24-13-. The van der Waals surface area contributed by atoms with Gasteiger partial charge in [-0.3, -0.25) is 9.69 Å². The third kappa shape index (κ3) is 4.26. The number of fused-ring (bicyclic) bond motifs is 3. The molecule has 2 heterocycles. The lowest BCUT2D eigenvalue weighted by Crippen LogP contribution is -2.32. The minimum Gasteiger partial charge on any atom is -0.496 e. The SMILES string of the molecule is COC(=O)c1ccc(/C=C2\Oc3c4c(cc(C)c3C2=O)OCN(Cc2ccccc2OC)C4)cc1. The highest BCUT2D eigenvalue weighted by molar-refractivity contribution is 6.16. The third-order valence-electron chi connectivity index (χ3n) is 6.20. The normalized spacial score (nSPS) is 15.7. The van der Waals surface area contributed by atoms with Gasteiger partial charge in [0, 0.05) is 18.7 Å². The number of esters is 1. The summed E-state index contributed by atoms with van der Waals surface area (Å²) in [5, 5.41) is 0. The van der Waals surface area contributed by atoms with E-state index in [1.807, 2.05) is 37.3 Å². The highest BCUT2D eigenvalue weighted by atomic mass is 16.5. The number of carbonyl (C=O) groups excluding carboxylic acids is 2. The van der Waals surface area contributed by atoms with Crippen molar-refractivity contribution in [2.75, 3.05) is 21.0 Å². The van der Waals surface area contributed by atoms with Crippen molar-refractivity contribution in [1.29, 1.82) is 0 Å². The minimum atomic E-state index is -0.412. The second kappa shape index (κ2) is 9.27. The molecule has 3 aromatic rings. The maximum atomic E-state index is 13.2. The maximum Gasteiger partial charge on any atom is 0.337 e. The fourth-order valence-electron chi connectivity index (χ4n) is 4.44. The van der Waals surface area contributed by atoms with Gasteiger partial charge >= 0.3 is 5.97 Å². The summed E-state index contributed by atoms with van der Waals surface area (Å²) in [5.41, 5.74) is 4.46. The van der Waals surface area contributed by atoms with Gasteiger partial charge in [0.05, 0.1) is 30.9 Å². The molecule has 0 aliphatic carbocycles. The molecular formula is C28H25NO6. The van der Waals surface area contributed by atoms with Gasteiger partial charge in [-0.05, 0) is 48.4 Å². The first-order valence-electron chi connectivity index (χ1n) is 11.2. The summed E-state index contributed by atoms with van der Waals surface area (Å²) in [5.74, 6) is 1.76. The molecule has 3 aromatic carbocycles. The van der Waals surface area contributed by atoms with Gasteiger partial charge in [0.2, 0.25) is 5.78 Å². The first-order chi connectivity index (χ1) is 17.0. The van der Waals surface area contributed by atoms with Crippen LogP contribution in [-0.4, -0.2) is 37.6 Å². The van der Waals surface area contributed by atoms with E-state index in [0.717, 1.165) is 33.8 Å². The molecular weight excluding hydrogens is 446 g/mol. The Balaban J connectivity index is 1.42. The van der Waals surface area contributed by atoms with E-state index in [-0.39, 0.29) is 11.5 Å². The highest BCUT2D eigenvalue weighted by Crippen LogP contribution is 2.44. The van der Waals surface area contributed by atoms with Crippen molar-refractivity contribution >= 4 is 17.8 Å². The van der Waals surface area contributed by atoms with E-state index in [0.29, 0.717) is 36.7 Å². The number of para-hydroxylation sites is 1. The van der Waals surface area contributed by atoms with E-state index in [9.17, 15) is 9.59 Å². The van der Waals surface area contributed by atoms with Gasteiger partial charge in [0.1, 0.15) is 24.0 Å². The fourth-order valence-corrected chi connectivity index (χ4v) is 4.44. The van der Waals surface area contributed by atoms with E-state index in [1.54, 1.807) is 37.5 Å². The van der Waals surface area contributed by atoms with E-state index >= 15 is 0 Å². The van der Waals surface area contributed by atoms with Gasteiger partial charge in [-0.15, -0.1) is 0 Å². The number of Topliss-reactive ketones (excluding diaryl/α,β-unsaturated/α-hetero) is 1. The van der Waals surface area contributed by atoms with Crippen LogP contribution in [0.1, 0.15) is 43.0 Å². The lowest BCUT2D eigenvalue weighted by molar-refractivity contribution is 0.0600. The number of allylic oxidation sites excluding steroid dienone is 1. The molecule has 7 nitrogen and oxygen atoms in total. The highest BCUT2D eigenvalue weighted by Gasteiger charge is 2.35. The number of rotatable bonds is 5. The summed E-state index contributed by atoms with van der Waals surface area (Å²) in [4.78, 5) is 27.1. The monoisotopic (exact) mass is 471 g/mol. The lowest BCUT2D eigenvalue weighted by atomic mass is 9.98. The molecule has 0 unspecified atom stereocenters. The van der Waals surface area contributed by atoms with E-state index in [1.165, 1.54) is 7.11 Å². The Bertz CT molecular complexity index is 1340. The predicted molar refractivity (Wildman–Crippen MR) is 130 cm³/mol. The molecule has 2 aliphatic heterocycles. The summed E-state index contributed by atoms with van der Waals surface area (Å²) in [6.07, 6.45) is 1.69. The molecule has 35 heavy (non-hydrogen) atoms. The van der Waals surface area contributed by atoms with Crippen molar-refractivity contribution in [2.24, 2.45) is 0 Å². The third-order valence-corrected chi connectivity index (χ3v) is 6.20. The summed E-state index contributed by atoms with van der Waals surface area (Å²) in [6.45, 7) is 3.52. The van der Waals surface area contributed by atoms with Crippen molar-refractivity contribution < 1.29 is 28.5 Å². The van der Waals surface area contributed by atoms with Crippen LogP contribution in [0.15, 0.2) is 60.4 Å². The van der Waals surface area contributed by atoms with Crippen molar-refractivity contribution in [2.45, 2.75) is 20.0 Å². The van der Waals surface area contributed by atoms with Crippen molar-refractivity contribution in [3.8, 4) is 17.2 Å². The molecule has 2 aliphatic rings. The quantitative estimate of drug-likeness (QED) is 0.392. The second-order valence-electron chi connectivity index (χ2n) is 8.50. The Morgan fingerprint density at radius 3 is 2.63 bits per heavy atom. The van der Waals surface area contributed by atoms with E-state index < -0.39 is 5.97 Å². The Hall–Kier alpha value is -4.10. The van der Waals surface area contributed by atoms with Crippen LogP contribution >= 0.6 is 0 Å². The van der Waals surface area contributed by atoms with Crippen LogP contribution in [0.4, 0.5) is 0 Å². The lowest BCUT2D eigenvalue weighted by Gasteiger charge is -2.30. The second-order valence-corrected chi connectivity index (χ2v) is 8.50. The van der Waals surface area contributed by atoms with Gasteiger partial charge in [0.15, 0.2) is 5.76 Å². The van der Waals surface area contributed by atoms with Crippen LogP contribution in [0.3, 0.4) is 0 Å². The van der Waals surface area contributed by atoms with E-state index in [4.69, 9.17) is 18.9 Å². The van der Waals surface area contributed by atoms with Crippen LogP contribution < -0.4 is 14.2 Å². The van der Waals surface area contributed by atoms with Gasteiger partial charge in [-0.2, -0.15) is 0 Å². The molecule has 0 spiro atoms. The molecule has 0 saturated carbocycles. The number of nitrogens with zero attached hydrogens (tertiary/aromatic N) is 1. The van der Waals surface area contributed by atoms with E-state index in [2.05, 4.69) is 4.90 Å². The molecule has 0 saturated heterocycles. The zero-order valence-corrected chi connectivity index (χ0v) is 19.8. The molecule has 0 fully saturated rings. The molecule has 0 aromatic heterocycles. The summed E-state index contributed by atoms with van der Waals surface area (Å²) >= 11 is 0. The number of hydrogen-bond donors (Lipinski definition) is 0. The molecule has 0 radical (unpaired) electrons.